The SMILES string of the molecule is CCOC(=O)CCCNC(=O)COC(=O)Cc1csc(C)n1. The number of carbonyl (C=O) groups excluding carboxylic acids is 3. The van der Waals surface area contributed by atoms with E-state index in [0.29, 0.717) is 25.3 Å². The third-order valence-corrected chi connectivity index (χ3v) is 3.36. The highest BCUT2D eigenvalue weighted by molar-refractivity contribution is 7.09. The summed E-state index contributed by atoms with van der Waals surface area (Å²) in [5.41, 5.74) is 0.641. The highest BCUT2D eigenvalue weighted by Crippen LogP contribution is 2.08. The van der Waals surface area contributed by atoms with Crippen LogP contribution < -0.4 is 5.32 Å². The topological polar surface area (TPSA) is 94.6 Å². The molecule has 0 saturated carbocycles. The molecule has 0 bridgehead atoms. The summed E-state index contributed by atoms with van der Waals surface area (Å²) < 4.78 is 9.62. The molecular formula is C14H20N2O5S. The molecule has 0 aliphatic rings. The predicted molar refractivity (Wildman–Crippen MR) is 80.4 cm³/mol. The number of amides is 1. The Bertz CT molecular complexity index is 515. The second kappa shape index (κ2) is 9.88. The highest BCUT2D eigenvalue weighted by atomic mass is 32.1. The third-order valence-electron chi connectivity index (χ3n) is 2.54. The monoisotopic (exact) mass is 328 g/mol. The minimum absolute atomic E-state index is 0.0560. The predicted octanol–water partition coefficient (Wildman–Crippen LogP) is 0.997. The molecule has 0 aliphatic heterocycles. The fourth-order valence-electron chi connectivity index (χ4n) is 1.58. The first-order chi connectivity index (χ1) is 10.5. The minimum atomic E-state index is -0.494. The molecule has 22 heavy (non-hydrogen) atoms. The Labute approximate surface area is 133 Å². The van der Waals surface area contributed by atoms with Crippen LogP contribution >= 0.6 is 11.3 Å². The van der Waals surface area contributed by atoms with Crippen molar-refractivity contribution in [3.63, 3.8) is 0 Å². The molecule has 1 rings (SSSR count). The van der Waals surface area contributed by atoms with Gasteiger partial charge in [0.05, 0.1) is 23.7 Å². The van der Waals surface area contributed by atoms with Gasteiger partial charge in [0.15, 0.2) is 6.61 Å². The van der Waals surface area contributed by atoms with E-state index in [-0.39, 0.29) is 25.4 Å². The number of thiazole rings is 1. The van der Waals surface area contributed by atoms with E-state index < -0.39 is 11.9 Å². The van der Waals surface area contributed by atoms with Crippen LogP contribution in [0, 0.1) is 6.92 Å². The number of nitrogens with one attached hydrogen (secondary N) is 1. The smallest absolute Gasteiger partial charge is 0.312 e. The highest BCUT2D eigenvalue weighted by Gasteiger charge is 2.10. The summed E-state index contributed by atoms with van der Waals surface area (Å²) >= 11 is 1.45. The summed E-state index contributed by atoms with van der Waals surface area (Å²) in [6.45, 7) is 3.94. The average molecular weight is 328 g/mol. The van der Waals surface area contributed by atoms with Crippen LogP contribution in [0.5, 0.6) is 0 Å². The van der Waals surface area contributed by atoms with Crippen molar-refractivity contribution in [2.24, 2.45) is 0 Å². The zero-order chi connectivity index (χ0) is 16.4. The lowest BCUT2D eigenvalue weighted by molar-refractivity contribution is -0.147. The second-order valence-corrected chi connectivity index (χ2v) is 5.52. The molecule has 0 radical (unpaired) electrons. The maximum absolute atomic E-state index is 11.5. The van der Waals surface area contributed by atoms with Crippen molar-refractivity contribution in [2.45, 2.75) is 33.1 Å². The molecular weight excluding hydrogens is 308 g/mol. The quantitative estimate of drug-likeness (QED) is 0.537. The van der Waals surface area contributed by atoms with E-state index in [1.54, 1.807) is 12.3 Å². The van der Waals surface area contributed by atoms with E-state index in [0.717, 1.165) is 5.01 Å². The maximum Gasteiger partial charge on any atom is 0.312 e. The zero-order valence-electron chi connectivity index (χ0n) is 12.7. The Morgan fingerprint density at radius 2 is 2.05 bits per heavy atom. The standard InChI is InChI=1S/C14H20N2O5S/c1-3-20-13(18)5-4-6-15-12(17)8-21-14(19)7-11-9-22-10(2)16-11/h9H,3-8H2,1-2H3,(H,15,17). The van der Waals surface area contributed by atoms with Crippen molar-refractivity contribution in [1.29, 1.82) is 0 Å². The van der Waals surface area contributed by atoms with Crippen molar-refractivity contribution in [3.05, 3.63) is 16.1 Å². The van der Waals surface area contributed by atoms with Crippen LogP contribution in [-0.2, 0) is 30.3 Å². The van der Waals surface area contributed by atoms with Crippen LogP contribution in [0.3, 0.4) is 0 Å². The number of rotatable bonds is 9. The molecule has 1 N–H and O–H groups in total. The van der Waals surface area contributed by atoms with E-state index >= 15 is 0 Å². The van der Waals surface area contributed by atoms with E-state index in [4.69, 9.17) is 9.47 Å². The molecule has 1 aromatic rings. The van der Waals surface area contributed by atoms with E-state index in [9.17, 15) is 14.4 Å². The Balaban J connectivity index is 2.10. The van der Waals surface area contributed by atoms with Crippen LogP contribution in [0.2, 0.25) is 0 Å². The summed E-state index contributed by atoms with van der Waals surface area (Å²) in [6, 6.07) is 0. The molecule has 0 aliphatic carbocycles. The molecule has 0 saturated heterocycles. The largest absolute Gasteiger partial charge is 0.466 e. The van der Waals surface area contributed by atoms with E-state index in [1.807, 2.05) is 6.92 Å². The van der Waals surface area contributed by atoms with Crippen LogP contribution in [0.25, 0.3) is 0 Å². The number of nitrogens with zero attached hydrogens (tertiary/aromatic N) is 1. The summed E-state index contributed by atoms with van der Waals surface area (Å²) in [5.74, 6) is -1.18. The van der Waals surface area contributed by atoms with Gasteiger partial charge >= 0.3 is 11.9 Å². The van der Waals surface area contributed by atoms with Crippen molar-refractivity contribution in [1.82, 2.24) is 10.3 Å². The van der Waals surface area contributed by atoms with Gasteiger partial charge in [0.2, 0.25) is 0 Å². The molecule has 0 atom stereocenters. The third kappa shape index (κ3) is 7.72. The van der Waals surface area contributed by atoms with Crippen LogP contribution in [0.1, 0.15) is 30.5 Å². The van der Waals surface area contributed by atoms with Gasteiger partial charge in [-0.25, -0.2) is 4.98 Å². The number of aryl methyl sites for hydroxylation is 1. The first-order valence-corrected chi connectivity index (χ1v) is 7.88. The van der Waals surface area contributed by atoms with E-state index in [2.05, 4.69) is 10.3 Å². The van der Waals surface area contributed by atoms with Gasteiger partial charge in [0.1, 0.15) is 0 Å². The normalized spacial score (nSPS) is 10.1. The molecule has 0 unspecified atom stereocenters. The average Bonchev–Trinajstić information content (AvgIpc) is 2.87. The number of hydrogen-bond donors (Lipinski definition) is 1. The molecule has 0 fully saturated rings. The van der Waals surface area contributed by atoms with Gasteiger partial charge in [-0.15, -0.1) is 11.3 Å². The van der Waals surface area contributed by atoms with Gasteiger partial charge in [0.25, 0.3) is 5.91 Å². The fraction of sp³-hybridized carbons (Fsp3) is 0.571. The minimum Gasteiger partial charge on any atom is -0.466 e. The van der Waals surface area contributed by atoms with Gasteiger partial charge in [-0.3, -0.25) is 14.4 Å². The van der Waals surface area contributed by atoms with Crippen LogP contribution in [-0.4, -0.2) is 42.6 Å². The Hall–Kier alpha value is -1.96. The summed E-state index contributed by atoms with van der Waals surface area (Å²) in [4.78, 5) is 38.2. The molecule has 8 heteroatoms. The lowest BCUT2D eigenvalue weighted by atomic mass is 10.3. The van der Waals surface area contributed by atoms with Gasteiger partial charge in [-0.2, -0.15) is 0 Å². The van der Waals surface area contributed by atoms with Crippen molar-refractivity contribution in [2.75, 3.05) is 19.8 Å². The molecule has 1 aromatic heterocycles. The Morgan fingerprint density at radius 1 is 1.27 bits per heavy atom. The van der Waals surface area contributed by atoms with Crippen molar-refractivity contribution in [3.8, 4) is 0 Å². The second-order valence-electron chi connectivity index (χ2n) is 4.45. The number of aromatic nitrogens is 1. The van der Waals surface area contributed by atoms with E-state index in [1.165, 1.54) is 11.3 Å². The van der Waals surface area contributed by atoms with Gasteiger partial charge in [-0.1, -0.05) is 0 Å². The number of ether oxygens (including phenoxy) is 2. The summed E-state index contributed by atoms with van der Waals surface area (Å²) in [7, 11) is 0. The zero-order valence-corrected chi connectivity index (χ0v) is 13.5. The molecule has 1 amide bonds. The van der Waals surface area contributed by atoms with Gasteiger partial charge in [0, 0.05) is 18.3 Å². The Kier molecular flexibility index (Phi) is 8.13. The fourth-order valence-corrected chi connectivity index (χ4v) is 2.19. The number of carbonyl (C=O) groups is 3. The number of hydrogen-bond acceptors (Lipinski definition) is 7. The van der Waals surface area contributed by atoms with Crippen LogP contribution in [0.4, 0.5) is 0 Å². The van der Waals surface area contributed by atoms with Gasteiger partial charge < -0.3 is 14.8 Å². The first kappa shape index (κ1) is 18.1. The summed E-state index contributed by atoms with van der Waals surface area (Å²) in [6.07, 6.45) is 0.786. The van der Waals surface area contributed by atoms with Crippen molar-refractivity contribution >= 4 is 29.2 Å². The molecule has 1 heterocycles. The maximum atomic E-state index is 11.5. The van der Waals surface area contributed by atoms with Crippen LogP contribution in [0.15, 0.2) is 5.38 Å². The lowest BCUT2D eigenvalue weighted by Gasteiger charge is -2.06. The molecule has 7 nitrogen and oxygen atoms in total. The summed E-state index contributed by atoms with van der Waals surface area (Å²) in [5, 5.41) is 5.23. The number of esters is 2. The molecule has 0 spiro atoms. The molecule has 122 valence electrons. The molecule has 0 aromatic carbocycles. The van der Waals surface area contributed by atoms with Crippen molar-refractivity contribution < 1.29 is 23.9 Å². The first-order valence-electron chi connectivity index (χ1n) is 7.00. The lowest BCUT2D eigenvalue weighted by Crippen LogP contribution is -2.30. The van der Waals surface area contributed by atoms with Gasteiger partial charge in [-0.05, 0) is 20.3 Å². The Morgan fingerprint density at radius 3 is 2.68 bits per heavy atom.